The largest absolute Gasteiger partial charge is 0.491 e. The molecule has 0 bridgehead atoms. The van der Waals surface area contributed by atoms with E-state index in [0.717, 1.165) is 19.3 Å². The molecule has 2 aromatic rings. The molecule has 0 amide bonds. The fourth-order valence-corrected chi connectivity index (χ4v) is 3.75. The zero-order chi connectivity index (χ0) is 20.1. The van der Waals surface area contributed by atoms with Gasteiger partial charge in [-0.05, 0) is 55.9 Å². The maximum Gasteiger partial charge on any atom is 0.201 e. The highest BCUT2D eigenvalue weighted by Gasteiger charge is 2.25. The predicted octanol–water partition coefficient (Wildman–Crippen LogP) is 6.83. The Morgan fingerprint density at radius 3 is 2.50 bits per heavy atom. The standard InChI is InChI=1S/C23H27F3O2/c1-3-5-6-15-7-11-20(28-14-15)18-9-8-16(13-19(18)24)17-10-12-21(27-4-2)23(26)22(17)25/h8-10,12-13,15,20H,3-7,11,14H2,1-2H3. The highest BCUT2D eigenvalue weighted by atomic mass is 19.2. The average molecular weight is 392 g/mol. The van der Waals surface area contributed by atoms with E-state index in [4.69, 9.17) is 9.47 Å². The molecule has 5 heteroatoms. The molecule has 1 aliphatic rings. The Bertz CT molecular complexity index is 799. The summed E-state index contributed by atoms with van der Waals surface area (Å²) in [7, 11) is 0. The summed E-state index contributed by atoms with van der Waals surface area (Å²) in [5.74, 6) is -2.15. The quantitative estimate of drug-likeness (QED) is 0.514. The van der Waals surface area contributed by atoms with Gasteiger partial charge < -0.3 is 9.47 Å². The minimum absolute atomic E-state index is 0.00981. The van der Waals surface area contributed by atoms with Gasteiger partial charge in [-0.2, -0.15) is 4.39 Å². The Balaban J connectivity index is 1.76. The van der Waals surface area contributed by atoms with Crippen LogP contribution in [0.15, 0.2) is 30.3 Å². The van der Waals surface area contributed by atoms with E-state index in [1.54, 1.807) is 19.1 Å². The van der Waals surface area contributed by atoms with Crippen LogP contribution in [0.1, 0.15) is 57.6 Å². The molecule has 1 fully saturated rings. The van der Waals surface area contributed by atoms with Gasteiger partial charge in [-0.25, -0.2) is 8.78 Å². The number of benzene rings is 2. The van der Waals surface area contributed by atoms with Crippen molar-refractivity contribution < 1.29 is 22.6 Å². The van der Waals surface area contributed by atoms with Crippen LogP contribution >= 0.6 is 0 Å². The zero-order valence-electron chi connectivity index (χ0n) is 16.4. The van der Waals surface area contributed by atoms with Crippen LogP contribution in [0.25, 0.3) is 11.1 Å². The normalized spacial score (nSPS) is 19.6. The molecular weight excluding hydrogens is 365 g/mol. The summed E-state index contributed by atoms with van der Waals surface area (Å²) in [6.45, 7) is 4.74. The molecule has 2 atom stereocenters. The second kappa shape index (κ2) is 9.46. The van der Waals surface area contributed by atoms with Gasteiger partial charge in [0.05, 0.1) is 19.3 Å². The number of rotatable bonds is 7. The number of halogens is 3. The molecule has 1 saturated heterocycles. The molecule has 0 spiro atoms. The van der Waals surface area contributed by atoms with Crippen LogP contribution in [-0.4, -0.2) is 13.2 Å². The van der Waals surface area contributed by atoms with Crippen LogP contribution in [0.4, 0.5) is 13.2 Å². The first kappa shape index (κ1) is 20.7. The lowest BCUT2D eigenvalue weighted by Crippen LogP contribution is -2.21. The molecule has 0 aromatic heterocycles. The highest BCUT2D eigenvalue weighted by molar-refractivity contribution is 5.66. The topological polar surface area (TPSA) is 18.5 Å². The van der Waals surface area contributed by atoms with Gasteiger partial charge in [-0.1, -0.05) is 31.9 Å². The molecule has 0 saturated carbocycles. The number of ether oxygens (including phenoxy) is 2. The predicted molar refractivity (Wildman–Crippen MR) is 104 cm³/mol. The third kappa shape index (κ3) is 4.52. The summed E-state index contributed by atoms with van der Waals surface area (Å²) in [5, 5.41) is 0. The maximum absolute atomic E-state index is 14.7. The minimum Gasteiger partial charge on any atom is -0.491 e. The van der Waals surface area contributed by atoms with Crippen molar-refractivity contribution in [1.29, 1.82) is 0 Å². The summed E-state index contributed by atoms with van der Waals surface area (Å²) in [5.41, 5.74) is 0.775. The fourth-order valence-electron chi connectivity index (χ4n) is 3.75. The molecule has 3 rings (SSSR count). The Labute approximate surface area is 164 Å². The van der Waals surface area contributed by atoms with E-state index in [1.165, 1.54) is 31.0 Å². The third-order valence-corrected chi connectivity index (χ3v) is 5.34. The van der Waals surface area contributed by atoms with E-state index >= 15 is 0 Å². The van der Waals surface area contributed by atoms with E-state index in [0.29, 0.717) is 18.1 Å². The number of hydrogen-bond acceptors (Lipinski definition) is 2. The Morgan fingerprint density at radius 2 is 1.86 bits per heavy atom. The van der Waals surface area contributed by atoms with Crippen LogP contribution in [0.2, 0.25) is 0 Å². The third-order valence-electron chi connectivity index (χ3n) is 5.34. The molecule has 2 aromatic carbocycles. The van der Waals surface area contributed by atoms with Crippen LogP contribution in [0, 0.1) is 23.4 Å². The summed E-state index contributed by atoms with van der Waals surface area (Å²) >= 11 is 0. The molecule has 2 unspecified atom stereocenters. The first-order valence-electron chi connectivity index (χ1n) is 10.1. The second-order valence-corrected chi connectivity index (χ2v) is 7.32. The van der Waals surface area contributed by atoms with Crippen molar-refractivity contribution in [3.63, 3.8) is 0 Å². The molecule has 28 heavy (non-hydrogen) atoms. The van der Waals surface area contributed by atoms with Gasteiger partial charge in [0.15, 0.2) is 11.6 Å². The van der Waals surface area contributed by atoms with Crippen molar-refractivity contribution in [2.24, 2.45) is 5.92 Å². The second-order valence-electron chi connectivity index (χ2n) is 7.32. The van der Waals surface area contributed by atoms with Gasteiger partial charge in [-0.15, -0.1) is 0 Å². The Kier molecular flexibility index (Phi) is 7.00. The van der Waals surface area contributed by atoms with E-state index in [2.05, 4.69) is 6.92 Å². The lowest BCUT2D eigenvalue weighted by molar-refractivity contribution is -0.0214. The maximum atomic E-state index is 14.7. The summed E-state index contributed by atoms with van der Waals surface area (Å²) in [6.07, 6.45) is 5.01. The molecule has 1 heterocycles. The van der Waals surface area contributed by atoms with Crippen molar-refractivity contribution in [2.45, 2.75) is 52.1 Å². The Hall–Kier alpha value is -2.01. The van der Waals surface area contributed by atoms with Crippen molar-refractivity contribution in [3.8, 4) is 16.9 Å². The fraction of sp³-hybridized carbons (Fsp3) is 0.478. The summed E-state index contributed by atoms with van der Waals surface area (Å²) < 4.78 is 54.2. The molecule has 0 aliphatic carbocycles. The molecule has 0 radical (unpaired) electrons. The van der Waals surface area contributed by atoms with Crippen LogP contribution in [-0.2, 0) is 4.74 Å². The number of unbranched alkanes of at least 4 members (excludes halogenated alkanes) is 1. The molecule has 1 aliphatic heterocycles. The van der Waals surface area contributed by atoms with Crippen LogP contribution in [0.5, 0.6) is 5.75 Å². The molecular formula is C23H27F3O2. The van der Waals surface area contributed by atoms with Gasteiger partial charge in [0.1, 0.15) is 5.82 Å². The SMILES string of the molecule is CCCCC1CCC(c2ccc(-c3ccc(OCC)c(F)c3F)cc2F)OC1. The van der Waals surface area contributed by atoms with Gasteiger partial charge in [0.2, 0.25) is 5.82 Å². The monoisotopic (exact) mass is 392 g/mol. The van der Waals surface area contributed by atoms with Gasteiger partial charge in [0.25, 0.3) is 0 Å². The minimum atomic E-state index is -1.06. The first-order chi connectivity index (χ1) is 13.5. The van der Waals surface area contributed by atoms with Crippen molar-refractivity contribution in [3.05, 3.63) is 53.3 Å². The van der Waals surface area contributed by atoms with Crippen LogP contribution in [0.3, 0.4) is 0 Å². The summed E-state index contributed by atoms with van der Waals surface area (Å²) in [6, 6.07) is 7.26. The highest BCUT2D eigenvalue weighted by Crippen LogP contribution is 2.36. The van der Waals surface area contributed by atoms with Gasteiger partial charge in [0, 0.05) is 11.1 Å². The first-order valence-corrected chi connectivity index (χ1v) is 10.1. The van der Waals surface area contributed by atoms with Gasteiger partial charge >= 0.3 is 0 Å². The summed E-state index contributed by atoms with van der Waals surface area (Å²) in [4.78, 5) is 0. The smallest absolute Gasteiger partial charge is 0.201 e. The van der Waals surface area contributed by atoms with Gasteiger partial charge in [-0.3, -0.25) is 0 Å². The van der Waals surface area contributed by atoms with E-state index in [-0.39, 0.29) is 29.6 Å². The lowest BCUT2D eigenvalue weighted by atomic mass is 9.90. The number of hydrogen-bond donors (Lipinski definition) is 0. The lowest BCUT2D eigenvalue weighted by Gasteiger charge is -2.29. The molecule has 2 nitrogen and oxygen atoms in total. The van der Waals surface area contributed by atoms with E-state index in [1.807, 2.05) is 0 Å². The van der Waals surface area contributed by atoms with Crippen molar-refractivity contribution in [1.82, 2.24) is 0 Å². The van der Waals surface area contributed by atoms with E-state index in [9.17, 15) is 13.2 Å². The van der Waals surface area contributed by atoms with Crippen molar-refractivity contribution >= 4 is 0 Å². The molecule has 0 N–H and O–H groups in total. The zero-order valence-corrected chi connectivity index (χ0v) is 16.4. The van der Waals surface area contributed by atoms with Crippen molar-refractivity contribution in [2.75, 3.05) is 13.2 Å². The Morgan fingerprint density at radius 1 is 1.04 bits per heavy atom. The van der Waals surface area contributed by atoms with Crippen LogP contribution < -0.4 is 4.74 Å². The average Bonchev–Trinajstić information content (AvgIpc) is 2.70. The van der Waals surface area contributed by atoms with E-state index < -0.39 is 17.5 Å². The molecule has 152 valence electrons.